The van der Waals surface area contributed by atoms with E-state index in [0.29, 0.717) is 10.4 Å². The number of carbonyl (C=O) groups is 1. The molecule has 0 atom stereocenters. The molecule has 0 bridgehead atoms. The molecule has 18 heavy (non-hydrogen) atoms. The Labute approximate surface area is 113 Å². The van der Waals surface area contributed by atoms with Crippen molar-refractivity contribution in [3.8, 4) is 5.75 Å². The number of anilines is 1. The smallest absolute Gasteiger partial charge is 0.291 e. The fourth-order valence-corrected chi connectivity index (χ4v) is 1.89. The Balaban J connectivity index is 2.14. The zero-order valence-electron chi connectivity index (χ0n) is 9.99. The maximum atomic E-state index is 11.8. The quantitative estimate of drug-likeness (QED) is 0.942. The number of hydrogen-bond acceptors (Lipinski definition) is 3. The predicted octanol–water partition coefficient (Wildman–Crippen LogP) is 3.61. The first-order valence-corrected chi connectivity index (χ1v) is 6.11. The second-order valence-electron chi connectivity index (χ2n) is 3.74. The van der Waals surface area contributed by atoms with Crippen molar-refractivity contribution >= 4 is 27.5 Å². The number of methoxy groups -OCH3 is 1. The van der Waals surface area contributed by atoms with Gasteiger partial charge in [0.15, 0.2) is 10.4 Å². The SMILES string of the molecule is COc1ccc(NC(=O)c2ccc(Br)o2)cc1C. The Bertz CT molecular complexity index is 577. The molecule has 94 valence electrons. The normalized spacial score (nSPS) is 10.2. The number of carbonyl (C=O) groups excluding carboxylic acids is 1. The molecular weight excluding hydrogens is 298 g/mol. The second kappa shape index (κ2) is 5.27. The largest absolute Gasteiger partial charge is 0.496 e. The molecule has 2 aromatic rings. The third-order valence-electron chi connectivity index (χ3n) is 2.45. The Morgan fingerprint density at radius 3 is 2.67 bits per heavy atom. The number of halogens is 1. The summed E-state index contributed by atoms with van der Waals surface area (Å²) in [5.74, 6) is 0.759. The zero-order chi connectivity index (χ0) is 13.1. The molecule has 1 amide bonds. The summed E-state index contributed by atoms with van der Waals surface area (Å²) in [7, 11) is 1.61. The van der Waals surface area contributed by atoms with Crippen LogP contribution in [0.1, 0.15) is 16.1 Å². The van der Waals surface area contributed by atoms with E-state index in [-0.39, 0.29) is 11.7 Å². The van der Waals surface area contributed by atoms with Gasteiger partial charge in [0.1, 0.15) is 5.75 Å². The van der Waals surface area contributed by atoms with Gasteiger partial charge in [-0.25, -0.2) is 0 Å². The molecule has 0 spiro atoms. The average Bonchev–Trinajstić information content (AvgIpc) is 2.76. The Kier molecular flexibility index (Phi) is 3.72. The zero-order valence-corrected chi connectivity index (χ0v) is 11.6. The highest BCUT2D eigenvalue weighted by atomic mass is 79.9. The molecule has 0 saturated carbocycles. The van der Waals surface area contributed by atoms with Crippen LogP contribution in [0, 0.1) is 6.92 Å². The number of amides is 1. The van der Waals surface area contributed by atoms with E-state index in [1.54, 1.807) is 25.3 Å². The van der Waals surface area contributed by atoms with Crippen molar-refractivity contribution < 1.29 is 13.9 Å². The lowest BCUT2D eigenvalue weighted by atomic mass is 10.2. The van der Waals surface area contributed by atoms with E-state index in [0.717, 1.165) is 11.3 Å². The van der Waals surface area contributed by atoms with Crippen molar-refractivity contribution in [3.63, 3.8) is 0 Å². The minimum Gasteiger partial charge on any atom is -0.496 e. The van der Waals surface area contributed by atoms with Gasteiger partial charge in [0.25, 0.3) is 5.91 Å². The lowest BCUT2D eigenvalue weighted by Gasteiger charge is -2.07. The first kappa shape index (κ1) is 12.7. The molecule has 1 aromatic carbocycles. The van der Waals surface area contributed by atoms with Gasteiger partial charge in [-0.1, -0.05) is 0 Å². The van der Waals surface area contributed by atoms with Crippen LogP contribution in [0.25, 0.3) is 0 Å². The van der Waals surface area contributed by atoms with Crippen molar-refractivity contribution in [2.45, 2.75) is 6.92 Å². The van der Waals surface area contributed by atoms with Gasteiger partial charge in [-0.05, 0) is 58.7 Å². The van der Waals surface area contributed by atoms with Crippen LogP contribution in [-0.2, 0) is 0 Å². The summed E-state index contributed by atoms with van der Waals surface area (Å²) in [6.45, 7) is 1.91. The number of ether oxygens (including phenoxy) is 1. The molecule has 0 aliphatic carbocycles. The molecule has 2 rings (SSSR count). The molecule has 0 aliphatic heterocycles. The van der Waals surface area contributed by atoms with Gasteiger partial charge in [0.05, 0.1) is 7.11 Å². The summed E-state index contributed by atoms with van der Waals surface area (Å²) in [6, 6.07) is 8.71. The summed E-state index contributed by atoms with van der Waals surface area (Å²) < 4.78 is 10.9. The highest BCUT2D eigenvalue weighted by Crippen LogP contribution is 2.22. The average molecular weight is 310 g/mol. The number of furan rings is 1. The van der Waals surface area contributed by atoms with Crippen LogP contribution in [0.5, 0.6) is 5.75 Å². The molecule has 4 nitrogen and oxygen atoms in total. The Hall–Kier alpha value is -1.75. The second-order valence-corrected chi connectivity index (χ2v) is 4.52. The molecule has 1 heterocycles. The van der Waals surface area contributed by atoms with Crippen molar-refractivity contribution in [2.24, 2.45) is 0 Å². The number of nitrogens with one attached hydrogen (secondary N) is 1. The Morgan fingerprint density at radius 2 is 2.11 bits per heavy atom. The number of hydrogen-bond donors (Lipinski definition) is 1. The monoisotopic (exact) mass is 309 g/mol. The Morgan fingerprint density at radius 1 is 1.33 bits per heavy atom. The number of rotatable bonds is 3. The predicted molar refractivity (Wildman–Crippen MR) is 72.1 cm³/mol. The van der Waals surface area contributed by atoms with Gasteiger partial charge in [-0.3, -0.25) is 4.79 Å². The highest BCUT2D eigenvalue weighted by Gasteiger charge is 2.11. The van der Waals surface area contributed by atoms with E-state index < -0.39 is 0 Å². The van der Waals surface area contributed by atoms with Gasteiger partial charge in [-0.15, -0.1) is 0 Å². The van der Waals surface area contributed by atoms with Crippen LogP contribution in [0.3, 0.4) is 0 Å². The summed E-state index contributed by atoms with van der Waals surface area (Å²) in [5, 5.41) is 2.75. The van der Waals surface area contributed by atoms with Gasteiger partial charge in [-0.2, -0.15) is 0 Å². The van der Waals surface area contributed by atoms with Crippen LogP contribution in [0.2, 0.25) is 0 Å². The van der Waals surface area contributed by atoms with Gasteiger partial charge < -0.3 is 14.5 Å². The third kappa shape index (κ3) is 2.73. The molecular formula is C13H12BrNO3. The maximum Gasteiger partial charge on any atom is 0.291 e. The van der Waals surface area contributed by atoms with E-state index in [2.05, 4.69) is 21.2 Å². The molecule has 0 aliphatic rings. The molecule has 1 N–H and O–H groups in total. The lowest BCUT2D eigenvalue weighted by molar-refractivity contribution is 0.0995. The molecule has 0 radical (unpaired) electrons. The maximum absolute atomic E-state index is 11.8. The van der Waals surface area contributed by atoms with Crippen LogP contribution in [0.15, 0.2) is 39.4 Å². The van der Waals surface area contributed by atoms with Gasteiger partial charge in [0.2, 0.25) is 0 Å². The minimum atomic E-state index is -0.287. The number of aryl methyl sites for hydroxylation is 1. The summed E-state index contributed by atoms with van der Waals surface area (Å²) >= 11 is 3.15. The fourth-order valence-electron chi connectivity index (χ4n) is 1.59. The lowest BCUT2D eigenvalue weighted by Crippen LogP contribution is -2.10. The topological polar surface area (TPSA) is 51.5 Å². The van der Waals surface area contributed by atoms with E-state index in [4.69, 9.17) is 9.15 Å². The molecule has 5 heteroatoms. The van der Waals surface area contributed by atoms with E-state index in [1.807, 2.05) is 19.1 Å². The summed E-state index contributed by atoms with van der Waals surface area (Å²) in [6.07, 6.45) is 0. The van der Waals surface area contributed by atoms with E-state index >= 15 is 0 Å². The van der Waals surface area contributed by atoms with Crippen molar-refractivity contribution in [1.82, 2.24) is 0 Å². The first-order chi connectivity index (χ1) is 8.60. The molecule has 0 unspecified atom stereocenters. The summed E-state index contributed by atoms with van der Waals surface area (Å²) in [5.41, 5.74) is 1.65. The fraction of sp³-hybridized carbons (Fsp3) is 0.154. The molecule has 0 saturated heterocycles. The van der Waals surface area contributed by atoms with Crippen LogP contribution in [-0.4, -0.2) is 13.0 Å². The number of benzene rings is 1. The molecule has 0 fully saturated rings. The standard InChI is InChI=1S/C13H12BrNO3/c1-8-7-9(3-4-10(8)17-2)15-13(16)11-5-6-12(14)18-11/h3-7H,1-2H3,(H,15,16). The van der Waals surface area contributed by atoms with Crippen LogP contribution in [0.4, 0.5) is 5.69 Å². The van der Waals surface area contributed by atoms with Gasteiger partial charge in [0, 0.05) is 5.69 Å². The first-order valence-electron chi connectivity index (χ1n) is 5.31. The third-order valence-corrected chi connectivity index (χ3v) is 2.88. The molecule has 1 aromatic heterocycles. The van der Waals surface area contributed by atoms with Crippen molar-refractivity contribution in [2.75, 3.05) is 12.4 Å². The van der Waals surface area contributed by atoms with E-state index in [9.17, 15) is 4.79 Å². The van der Waals surface area contributed by atoms with Crippen LogP contribution < -0.4 is 10.1 Å². The van der Waals surface area contributed by atoms with Gasteiger partial charge >= 0.3 is 0 Å². The minimum absolute atomic E-state index is 0.260. The van der Waals surface area contributed by atoms with Crippen molar-refractivity contribution in [3.05, 3.63) is 46.3 Å². The highest BCUT2D eigenvalue weighted by molar-refractivity contribution is 9.10. The van der Waals surface area contributed by atoms with E-state index in [1.165, 1.54) is 0 Å². The summed E-state index contributed by atoms with van der Waals surface area (Å²) in [4.78, 5) is 11.8. The van der Waals surface area contributed by atoms with Crippen molar-refractivity contribution in [1.29, 1.82) is 0 Å². The van der Waals surface area contributed by atoms with Crippen LogP contribution >= 0.6 is 15.9 Å².